The van der Waals surface area contributed by atoms with E-state index in [2.05, 4.69) is 0 Å². The van der Waals surface area contributed by atoms with E-state index in [-0.39, 0.29) is 6.42 Å². The molecule has 0 unspecified atom stereocenters. The monoisotopic (exact) mass is 466 g/mol. The van der Waals surface area contributed by atoms with Gasteiger partial charge in [-0.05, 0) is 38.7 Å². The minimum Gasteiger partial charge on any atom is -0.462 e. The number of carbonyl (C=O) groups excluding carboxylic acids is 3. The van der Waals surface area contributed by atoms with Crippen LogP contribution in [0.1, 0.15) is 60.8 Å². The Morgan fingerprint density at radius 3 is 2.30 bits per heavy atom. The summed E-state index contributed by atoms with van der Waals surface area (Å²) in [6.07, 6.45) is -1.63. The van der Waals surface area contributed by atoms with Gasteiger partial charge in [-0.1, -0.05) is 19.4 Å². The molecule has 3 fully saturated rings. The van der Waals surface area contributed by atoms with Crippen LogP contribution in [-0.2, 0) is 33.3 Å². The van der Waals surface area contributed by atoms with Gasteiger partial charge in [0.2, 0.25) is 0 Å². The maximum Gasteiger partial charge on any atom is 0.342 e. The zero-order valence-electron chi connectivity index (χ0n) is 20.0. The fourth-order valence-corrected chi connectivity index (χ4v) is 6.62. The molecule has 0 amide bonds. The number of carbonyl (C=O) groups is 3. The number of esters is 3. The number of ether oxygens (including phenoxy) is 4. The molecule has 2 N–H and O–H groups in total. The van der Waals surface area contributed by atoms with Crippen LogP contribution in [-0.4, -0.2) is 69.8 Å². The number of allylic oxidation sites excluding steroid dienone is 1. The van der Waals surface area contributed by atoms with Gasteiger partial charge in [0.25, 0.3) is 0 Å². The quantitative estimate of drug-likeness (QED) is 0.268. The maximum atomic E-state index is 12.7. The molecule has 0 radical (unpaired) electrons. The lowest BCUT2D eigenvalue weighted by Gasteiger charge is -2.56. The van der Waals surface area contributed by atoms with Gasteiger partial charge < -0.3 is 29.2 Å². The van der Waals surface area contributed by atoms with Crippen LogP contribution in [0, 0.1) is 17.3 Å². The number of hydrogen-bond donors (Lipinski definition) is 2. The third kappa shape index (κ3) is 3.34. The second kappa shape index (κ2) is 7.78. The van der Waals surface area contributed by atoms with Gasteiger partial charge in [0.05, 0.1) is 12.2 Å². The van der Waals surface area contributed by atoms with E-state index in [1.165, 1.54) is 13.8 Å². The molecule has 1 spiro atoms. The van der Waals surface area contributed by atoms with Gasteiger partial charge in [-0.25, -0.2) is 4.79 Å². The first-order valence-corrected chi connectivity index (χ1v) is 11.6. The highest BCUT2D eigenvalue weighted by molar-refractivity contribution is 5.88. The predicted octanol–water partition coefficient (Wildman–Crippen LogP) is 1.43. The Hall–Kier alpha value is -1.97. The smallest absolute Gasteiger partial charge is 0.342 e. The molecule has 0 aromatic carbocycles. The second-order valence-corrected chi connectivity index (χ2v) is 10.5. The van der Waals surface area contributed by atoms with Crippen molar-refractivity contribution >= 4 is 17.9 Å². The van der Waals surface area contributed by atoms with Gasteiger partial charge in [0.15, 0.2) is 17.3 Å². The van der Waals surface area contributed by atoms with Crippen molar-refractivity contribution in [3.63, 3.8) is 0 Å². The third-order valence-corrected chi connectivity index (χ3v) is 8.49. The van der Waals surface area contributed by atoms with Crippen LogP contribution < -0.4 is 0 Å². The van der Waals surface area contributed by atoms with Crippen LogP contribution in [0.15, 0.2) is 11.6 Å². The molecule has 4 aliphatic rings. The number of hydrogen-bond acceptors (Lipinski definition) is 9. The molecule has 0 aromatic heterocycles. The Labute approximate surface area is 193 Å². The summed E-state index contributed by atoms with van der Waals surface area (Å²) in [6, 6.07) is 0. The summed E-state index contributed by atoms with van der Waals surface area (Å²) in [7, 11) is 0. The number of fused-ring (bicyclic) bond motifs is 1. The predicted molar refractivity (Wildman–Crippen MR) is 114 cm³/mol. The molecule has 4 rings (SSSR count). The Balaban J connectivity index is 1.91. The summed E-state index contributed by atoms with van der Waals surface area (Å²) in [6.45, 7) is 9.72. The molecule has 1 saturated carbocycles. The van der Waals surface area contributed by atoms with Gasteiger partial charge in [0.1, 0.15) is 12.2 Å². The van der Waals surface area contributed by atoms with Gasteiger partial charge in [-0.2, -0.15) is 0 Å². The summed E-state index contributed by atoms with van der Waals surface area (Å²) >= 11 is 0. The van der Waals surface area contributed by atoms with Crippen molar-refractivity contribution in [2.24, 2.45) is 17.3 Å². The van der Waals surface area contributed by atoms with Crippen LogP contribution >= 0.6 is 0 Å². The molecule has 9 nitrogen and oxygen atoms in total. The Morgan fingerprint density at radius 1 is 1.12 bits per heavy atom. The van der Waals surface area contributed by atoms with Crippen LogP contribution in [0.4, 0.5) is 0 Å². The molecular formula is C24H34O9. The first kappa shape index (κ1) is 24.2. The summed E-state index contributed by atoms with van der Waals surface area (Å²) < 4.78 is 23.1. The van der Waals surface area contributed by atoms with Gasteiger partial charge in [-0.3, -0.25) is 9.59 Å². The Morgan fingerprint density at radius 2 is 1.73 bits per heavy atom. The van der Waals surface area contributed by atoms with E-state index < -0.39 is 76.9 Å². The van der Waals surface area contributed by atoms with Crippen molar-refractivity contribution in [2.75, 3.05) is 0 Å². The van der Waals surface area contributed by atoms with Gasteiger partial charge >= 0.3 is 17.9 Å². The van der Waals surface area contributed by atoms with Crippen molar-refractivity contribution in [3.05, 3.63) is 11.6 Å². The lowest BCUT2D eigenvalue weighted by atomic mass is 9.53. The summed E-state index contributed by atoms with van der Waals surface area (Å²) in [5.74, 6) is -2.78. The number of epoxide rings is 1. The molecular weight excluding hydrogens is 432 g/mol. The first-order chi connectivity index (χ1) is 15.3. The van der Waals surface area contributed by atoms with Crippen LogP contribution in [0.25, 0.3) is 0 Å². The van der Waals surface area contributed by atoms with E-state index >= 15 is 0 Å². The van der Waals surface area contributed by atoms with E-state index in [0.29, 0.717) is 12.8 Å². The van der Waals surface area contributed by atoms with Crippen molar-refractivity contribution in [1.82, 2.24) is 0 Å². The topological polar surface area (TPSA) is 132 Å². The lowest BCUT2D eigenvalue weighted by Crippen LogP contribution is -2.65. The normalized spacial score (nSPS) is 50.5. The first-order valence-electron chi connectivity index (χ1n) is 11.6. The molecule has 2 heterocycles. The minimum atomic E-state index is -1.35. The van der Waals surface area contributed by atoms with E-state index in [9.17, 15) is 24.6 Å². The summed E-state index contributed by atoms with van der Waals surface area (Å²) in [4.78, 5) is 36.8. The Bertz CT molecular complexity index is 898. The summed E-state index contributed by atoms with van der Waals surface area (Å²) in [5.41, 5.74) is -2.85. The fraction of sp³-hybridized carbons (Fsp3) is 0.792. The molecule has 2 aliphatic heterocycles. The van der Waals surface area contributed by atoms with Crippen LogP contribution in [0.5, 0.6) is 0 Å². The minimum absolute atomic E-state index is 0.136. The zero-order chi connectivity index (χ0) is 24.5. The largest absolute Gasteiger partial charge is 0.462 e. The Kier molecular flexibility index (Phi) is 5.70. The number of aliphatic hydroxyl groups excluding tert-OH is 2. The van der Waals surface area contributed by atoms with Crippen LogP contribution in [0.3, 0.4) is 0 Å². The van der Waals surface area contributed by atoms with E-state index in [1.807, 2.05) is 20.8 Å². The average molecular weight is 467 g/mol. The molecule has 33 heavy (non-hydrogen) atoms. The zero-order valence-corrected chi connectivity index (χ0v) is 20.0. The van der Waals surface area contributed by atoms with E-state index in [4.69, 9.17) is 18.9 Å². The molecule has 184 valence electrons. The third-order valence-electron chi connectivity index (χ3n) is 8.49. The molecule has 2 aliphatic carbocycles. The van der Waals surface area contributed by atoms with Crippen molar-refractivity contribution in [2.45, 2.75) is 103 Å². The summed E-state index contributed by atoms with van der Waals surface area (Å²) in [5, 5.41) is 22.9. The molecule has 10 atom stereocenters. The molecule has 2 saturated heterocycles. The highest BCUT2D eigenvalue weighted by atomic mass is 16.7. The van der Waals surface area contributed by atoms with Crippen molar-refractivity contribution < 1.29 is 43.5 Å². The molecule has 0 aromatic rings. The average Bonchev–Trinajstić information content (AvgIpc) is 3.30. The standard InChI is InChI=1S/C24H34O9/c1-11-7-8-16(30-13(3)25)22(5)17(31-14(4)26)10-15(27)12(2)19(22)20(28)24-18(9-11)32-21(29)23(24,6)33-24/h9,12,15-20,27-28H,7-8,10H2,1-6H3/b11-9-/t12-,15-,16-,17-,18-,19+,20-,22-,23-,24-/m0/s1. The van der Waals surface area contributed by atoms with E-state index in [0.717, 1.165) is 5.57 Å². The highest BCUT2D eigenvalue weighted by Crippen LogP contribution is 2.64. The second-order valence-electron chi connectivity index (χ2n) is 10.5. The SMILES string of the molecule is CC(=O)O[C@H]1CC/C(C)=C\[C@@H]2OC(=O)[C@]3(C)O[C@]23[C@@H](O)[C@H]2[C@@H](C)[C@@H](O)C[C@H](OC(C)=O)[C@@]21C. The molecule has 9 heteroatoms. The van der Waals surface area contributed by atoms with Gasteiger partial charge in [-0.15, -0.1) is 0 Å². The lowest BCUT2D eigenvalue weighted by molar-refractivity contribution is -0.226. The highest BCUT2D eigenvalue weighted by Gasteiger charge is 2.86. The number of aliphatic hydroxyl groups is 2. The molecule has 0 bridgehead atoms. The van der Waals surface area contributed by atoms with Gasteiger partial charge in [0, 0.05) is 31.6 Å². The van der Waals surface area contributed by atoms with E-state index in [1.54, 1.807) is 13.0 Å². The number of rotatable bonds is 2. The van der Waals surface area contributed by atoms with Crippen molar-refractivity contribution in [1.29, 1.82) is 0 Å². The maximum absolute atomic E-state index is 12.7. The fourth-order valence-electron chi connectivity index (χ4n) is 6.62. The van der Waals surface area contributed by atoms with Crippen molar-refractivity contribution in [3.8, 4) is 0 Å². The van der Waals surface area contributed by atoms with Crippen LogP contribution in [0.2, 0.25) is 0 Å².